The number of nitrogens with zero attached hydrogens (tertiary/aromatic N) is 6. The fourth-order valence-corrected chi connectivity index (χ4v) is 24.4. The molecule has 0 atom stereocenters. The lowest BCUT2D eigenvalue weighted by Crippen LogP contribution is -2.17. The smallest absolute Gasteiger partial charge is 0.0541 e. The normalized spacial score (nSPS) is 12.7. The Morgan fingerprint density at radius 3 is 0.750 bits per heavy atom. The van der Waals surface area contributed by atoms with Crippen LogP contribution in [-0.4, -0.2) is 18.3 Å². The minimum atomic E-state index is -0.273. The van der Waals surface area contributed by atoms with Crippen LogP contribution < -0.4 is 9.80 Å². The van der Waals surface area contributed by atoms with Gasteiger partial charge in [0.15, 0.2) is 0 Å². The molecule has 4 heterocycles. The molecule has 27 aromatic rings. The number of fused-ring (bicyclic) bond motifs is 19. The summed E-state index contributed by atoms with van der Waals surface area (Å²) in [7, 11) is 0. The van der Waals surface area contributed by atoms with Gasteiger partial charge in [0.1, 0.15) is 0 Å². The molecule has 698 valence electrons. The third kappa shape index (κ3) is 14.4. The highest BCUT2D eigenvalue weighted by Crippen LogP contribution is 2.56. The van der Waals surface area contributed by atoms with Gasteiger partial charge < -0.3 is 28.1 Å². The molecule has 0 saturated heterocycles. The summed E-state index contributed by atoms with van der Waals surface area (Å²) in [4.78, 5) is 4.90. The molecule has 0 aliphatic heterocycles. The van der Waals surface area contributed by atoms with Gasteiger partial charge in [-0.2, -0.15) is 0 Å². The molecule has 0 N–H and O–H groups in total. The molecule has 6 nitrogen and oxygen atoms in total. The lowest BCUT2D eigenvalue weighted by Gasteiger charge is -2.29. The maximum Gasteiger partial charge on any atom is 0.0541 e. The molecule has 0 spiro atoms. The van der Waals surface area contributed by atoms with Gasteiger partial charge in [0.25, 0.3) is 0 Å². The van der Waals surface area contributed by atoms with Gasteiger partial charge in [-0.15, -0.1) is 0 Å². The van der Waals surface area contributed by atoms with E-state index in [2.05, 4.69) is 590 Å². The van der Waals surface area contributed by atoms with Crippen LogP contribution in [0.5, 0.6) is 0 Å². The molecule has 0 fully saturated rings. The van der Waals surface area contributed by atoms with Gasteiger partial charge in [-0.1, -0.05) is 386 Å². The van der Waals surface area contributed by atoms with Gasteiger partial charge in [-0.25, -0.2) is 0 Å². The van der Waals surface area contributed by atoms with Crippen LogP contribution >= 0.6 is 0 Å². The summed E-state index contributed by atoms with van der Waals surface area (Å²) in [5, 5.41) is 12.5. The minimum Gasteiger partial charge on any atom is -0.310 e. The Labute approximate surface area is 860 Å². The van der Waals surface area contributed by atoms with E-state index in [0.717, 1.165) is 45.5 Å². The molecule has 0 unspecified atom stereocenters. The summed E-state index contributed by atoms with van der Waals surface area (Å²) in [6, 6.07) is 196. The van der Waals surface area contributed by atoms with E-state index in [4.69, 9.17) is 0 Å². The van der Waals surface area contributed by atoms with Crippen molar-refractivity contribution in [2.45, 2.75) is 38.5 Å². The van der Waals surface area contributed by atoms with Gasteiger partial charge in [0.05, 0.1) is 49.8 Å². The second-order valence-electron chi connectivity index (χ2n) is 40.6. The zero-order valence-electron chi connectivity index (χ0n) is 82.5. The summed E-state index contributed by atoms with van der Waals surface area (Å²) in [6.07, 6.45) is 0. The molecule has 0 saturated carbocycles. The molecule has 29 rings (SSSR count). The standard InChI is InChI=1S/C73H51N3.C69H49N3/c1-73(2)66-46-55(38-40-59(66)60-41-39-56(47-67(60)73)76-68-26-14-11-23-62(68)63-24-12-15-27-69(63)76)74(54-36-33-51(34-37-54)50-31-29-49(30-32-50)48-17-5-3-6-18-48)71-44-42-57(58-21-9-10-22-61(58)71)52-35-43-72-65(45-52)64-25-13-16-28-70(64)75(72)53-19-7-4-8-20-53;1-69(2)63-44-55(38-40-57(63)58-41-39-56(45-64(58)69)72-65-22-12-9-19-59(65)60-20-10-13-23-66(60)72)70(53-34-29-49(30-35-53)48-27-25-47(26-28-48)46-15-5-3-6-16-46)54-36-31-50(32-37-54)51-33-42-68-62(43-51)61-21-11-14-24-67(61)71(68)52-17-7-4-8-18-52/h3-47H,1-2H3;3-45H,1-2H3. The predicted molar refractivity (Wildman–Crippen MR) is 625 cm³/mol. The molecule has 4 aromatic heterocycles. The Morgan fingerprint density at radius 1 is 0.142 bits per heavy atom. The van der Waals surface area contributed by atoms with Crippen molar-refractivity contribution in [2.24, 2.45) is 0 Å². The number of rotatable bonds is 16. The predicted octanol–water partition coefficient (Wildman–Crippen LogP) is 38.5. The monoisotopic (exact) mass is 1890 g/mol. The number of para-hydroxylation sites is 8. The van der Waals surface area contributed by atoms with Crippen molar-refractivity contribution in [3.05, 3.63) is 556 Å². The van der Waals surface area contributed by atoms with Crippen molar-refractivity contribution in [1.29, 1.82) is 0 Å². The molecule has 0 amide bonds. The maximum absolute atomic E-state index is 2.48. The van der Waals surface area contributed by atoms with Crippen LogP contribution in [0.4, 0.5) is 34.1 Å². The van der Waals surface area contributed by atoms with Crippen LogP contribution in [0, 0.1) is 0 Å². The summed E-state index contributed by atoms with van der Waals surface area (Å²) >= 11 is 0. The van der Waals surface area contributed by atoms with Gasteiger partial charge >= 0.3 is 0 Å². The first-order chi connectivity index (χ1) is 72.9. The van der Waals surface area contributed by atoms with Crippen molar-refractivity contribution in [2.75, 3.05) is 9.80 Å². The molecular formula is C142H100N6. The zero-order chi connectivity index (χ0) is 98.4. The Balaban J connectivity index is 0.000000143. The molecule has 0 bridgehead atoms. The third-order valence-electron chi connectivity index (χ3n) is 31.7. The zero-order valence-corrected chi connectivity index (χ0v) is 82.5. The SMILES string of the molecule is CC1(C)c2cc(N(c3ccc(-c4ccc(-c5ccccc5)cc4)cc3)c3ccc(-c4ccc5c(c4)c4ccccc4n5-c4ccccc4)c4ccccc34)ccc2-c2ccc(-n3c4ccccc4c4ccccc43)cc21.CC1(C)c2cc(N(c3ccc(-c4ccc(-c5ccccc5)cc4)cc3)c3ccc(-c4ccc5c(c4)c4ccccc4n5-c4ccccc4)cc3)ccc2-c2ccc(-n3c4ccccc4c4ccccc43)cc21. The summed E-state index contributed by atoms with van der Waals surface area (Å²) in [6.45, 7) is 9.58. The fraction of sp³-hybridized carbons (Fsp3) is 0.0423. The van der Waals surface area contributed by atoms with Gasteiger partial charge in [-0.3, -0.25) is 0 Å². The Hall–Kier alpha value is -18.9. The largest absolute Gasteiger partial charge is 0.310 e. The number of benzene rings is 23. The van der Waals surface area contributed by atoms with E-state index < -0.39 is 0 Å². The van der Waals surface area contributed by atoms with E-state index in [1.165, 1.54) is 221 Å². The van der Waals surface area contributed by atoms with E-state index in [1.807, 2.05) is 0 Å². The van der Waals surface area contributed by atoms with Crippen LogP contribution in [0.15, 0.2) is 534 Å². The quantitative estimate of drug-likeness (QED) is 0.0964. The molecule has 2 aliphatic carbocycles. The average molecular weight is 1890 g/mol. The van der Waals surface area contributed by atoms with Gasteiger partial charge in [0, 0.05) is 110 Å². The first kappa shape index (κ1) is 87.0. The molecule has 0 radical (unpaired) electrons. The van der Waals surface area contributed by atoms with Gasteiger partial charge in [-0.05, 0) is 293 Å². The van der Waals surface area contributed by atoms with E-state index in [0.29, 0.717) is 0 Å². The molecule has 23 aromatic carbocycles. The summed E-state index contributed by atoms with van der Waals surface area (Å²) in [5.41, 5.74) is 45.4. The van der Waals surface area contributed by atoms with Crippen LogP contribution in [0.1, 0.15) is 49.9 Å². The number of hydrogen-bond acceptors (Lipinski definition) is 2. The average Bonchev–Trinajstić information content (AvgIpc) is 1.57. The van der Waals surface area contributed by atoms with Crippen molar-refractivity contribution < 1.29 is 0 Å². The van der Waals surface area contributed by atoms with Crippen LogP contribution in [0.3, 0.4) is 0 Å². The highest BCUT2D eigenvalue weighted by atomic mass is 15.2. The van der Waals surface area contributed by atoms with Crippen molar-refractivity contribution >= 4 is 132 Å². The van der Waals surface area contributed by atoms with Crippen LogP contribution in [0.25, 0.3) is 210 Å². The van der Waals surface area contributed by atoms with Crippen LogP contribution in [0.2, 0.25) is 0 Å². The Morgan fingerprint density at radius 2 is 0.378 bits per heavy atom. The van der Waals surface area contributed by atoms with Crippen molar-refractivity contribution in [3.63, 3.8) is 0 Å². The minimum absolute atomic E-state index is 0.247. The molecule has 2 aliphatic rings. The van der Waals surface area contributed by atoms with Gasteiger partial charge in [0.2, 0.25) is 0 Å². The van der Waals surface area contributed by atoms with E-state index in [9.17, 15) is 0 Å². The lowest BCUT2D eigenvalue weighted by atomic mass is 9.82. The number of anilines is 6. The second-order valence-corrected chi connectivity index (χ2v) is 40.6. The first-order valence-electron chi connectivity index (χ1n) is 51.4. The summed E-state index contributed by atoms with van der Waals surface area (Å²) in [5.74, 6) is 0. The lowest BCUT2D eigenvalue weighted by molar-refractivity contribution is 0.660. The fourth-order valence-electron chi connectivity index (χ4n) is 24.4. The Bertz CT molecular complexity index is 9810. The Kier molecular flexibility index (Phi) is 20.6. The first-order valence-corrected chi connectivity index (χ1v) is 51.4. The number of hydrogen-bond donors (Lipinski definition) is 0. The highest BCUT2D eigenvalue weighted by molar-refractivity contribution is 6.16. The third-order valence-corrected chi connectivity index (χ3v) is 31.7. The molecule has 148 heavy (non-hydrogen) atoms. The molecular weight excluding hydrogens is 1790 g/mol. The van der Waals surface area contributed by atoms with Crippen LogP contribution in [-0.2, 0) is 10.8 Å². The summed E-state index contributed by atoms with van der Waals surface area (Å²) < 4.78 is 9.64. The number of aromatic nitrogens is 4. The van der Waals surface area contributed by atoms with E-state index in [1.54, 1.807) is 0 Å². The maximum atomic E-state index is 2.48. The highest BCUT2D eigenvalue weighted by Gasteiger charge is 2.39. The molecule has 6 heteroatoms. The topological polar surface area (TPSA) is 26.2 Å². The van der Waals surface area contributed by atoms with E-state index >= 15 is 0 Å². The van der Waals surface area contributed by atoms with Crippen molar-refractivity contribution in [1.82, 2.24) is 18.3 Å². The van der Waals surface area contributed by atoms with E-state index in [-0.39, 0.29) is 10.8 Å². The second kappa shape index (κ2) is 35.0. The van der Waals surface area contributed by atoms with Crippen molar-refractivity contribution in [3.8, 4) is 112 Å².